The van der Waals surface area contributed by atoms with Crippen LogP contribution in [0.25, 0.3) is 0 Å². The van der Waals surface area contributed by atoms with E-state index in [1.807, 2.05) is 6.92 Å². The topological polar surface area (TPSA) is 19.9 Å². The van der Waals surface area contributed by atoms with Crippen molar-refractivity contribution in [2.75, 3.05) is 6.61 Å². The molecule has 0 rings (SSSR count). The van der Waals surface area contributed by atoms with Gasteiger partial charge >= 0.3 is 0 Å². The normalized spacial score (nSPS) is 13.7. The zero-order valence-electron chi connectivity index (χ0n) is 5.90. The van der Waals surface area contributed by atoms with E-state index in [0.717, 1.165) is 25.7 Å². The fraction of sp³-hybridized carbons (Fsp3) is 1.00. The molecule has 0 fully saturated rings. The third-order valence-corrected chi connectivity index (χ3v) is 1.46. The Labute approximate surface area is 62.0 Å². The maximum absolute atomic E-state index is 9.94. The van der Waals surface area contributed by atoms with Gasteiger partial charge in [-0.15, -0.1) is 11.6 Å². The van der Waals surface area contributed by atoms with Crippen LogP contribution in [0.3, 0.4) is 0 Å². The van der Waals surface area contributed by atoms with E-state index < -0.39 is 0 Å². The molecule has 0 aromatic heterocycles. The first-order valence-electron chi connectivity index (χ1n) is 3.49. The first kappa shape index (κ1) is 9.25. The average molecular weight is 150 g/mol. The summed E-state index contributed by atoms with van der Waals surface area (Å²) in [5.74, 6) is 0. The number of unbranched alkanes of at least 4 members (excludes halogenated alkanes) is 2. The van der Waals surface area contributed by atoms with Crippen LogP contribution < -0.4 is 0 Å². The van der Waals surface area contributed by atoms with Gasteiger partial charge in [-0.25, -0.2) is 5.11 Å². The molecule has 1 radical (unpaired) electrons. The van der Waals surface area contributed by atoms with Crippen LogP contribution in [0.1, 0.15) is 32.6 Å². The molecule has 0 amide bonds. The predicted molar refractivity (Wildman–Crippen MR) is 39.3 cm³/mol. The number of hydrogen-bond donors (Lipinski definition) is 0. The molecule has 0 bridgehead atoms. The lowest BCUT2D eigenvalue weighted by Gasteiger charge is -1.99. The van der Waals surface area contributed by atoms with Crippen LogP contribution >= 0.6 is 11.6 Å². The molecule has 2 heteroatoms. The average Bonchev–Trinajstić information content (AvgIpc) is 1.80. The summed E-state index contributed by atoms with van der Waals surface area (Å²) in [6.45, 7) is 2.05. The molecule has 0 heterocycles. The monoisotopic (exact) mass is 149 g/mol. The highest BCUT2D eigenvalue weighted by atomic mass is 35.5. The summed E-state index contributed by atoms with van der Waals surface area (Å²) in [5, 5.41) is 10.2. The lowest BCUT2D eigenvalue weighted by Crippen LogP contribution is -1.90. The van der Waals surface area contributed by atoms with Gasteiger partial charge in [0.25, 0.3) is 0 Å². The lowest BCUT2D eigenvalue weighted by molar-refractivity contribution is 0.186. The molecule has 0 aliphatic rings. The van der Waals surface area contributed by atoms with Crippen molar-refractivity contribution in [1.82, 2.24) is 0 Å². The van der Waals surface area contributed by atoms with Crippen LogP contribution in [0.2, 0.25) is 0 Å². The third-order valence-electron chi connectivity index (χ3n) is 1.25. The summed E-state index contributed by atoms with van der Waals surface area (Å²) in [4.78, 5) is 0. The van der Waals surface area contributed by atoms with Crippen molar-refractivity contribution in [1.29, 1.82) is 0 Å². The molecule has 0 aromatic rings. The fourth-order valence-electron chi connectivity index (χ4n) is 0.704. The van der Waals surface area contributed by atoms with Gasteiger partial charge in [0, 0.05) is 5.38 Å². The minimum absolute atomic E-state index is 0.0661. The molecule has 55 valence electrons. The molecule has 0 aromatic carbocycles. The van der Waals surface area contributed by atoms with Crippen LogP contribution in [0, 0.1) is 0 Å². The van der Waals surface area contributed by atoms with E-state index in [0.29, 0.717) is 0 Å². The van der Waals surface area contributed by atoms with Gasteiger partial charge in [0.1, 0.15) is 0 Å². The van der Waals surface area contributed by atoms with E-state index in [1.54, 1.807) is 0 Å². The largest absolute Gasteiger partial charge is 0.237 e. The second kappa shape index (κ2) is 6.37. The van der Waals surface area contributed by atoms with E-state index in [-0.39, 0.29) is 12.0 Å². The molecule has 1 unspecified atom stereocenters. The van der Waals surface area contributed by atoms with Crippen molar-refractivity contribution in [3.05, 3.63) is 0 Å². The summed E-state index contributed by atoms with van der Waals surface area (Å²) in [7, 11) is 0. The van der Waals surface area contributed by atoms with Crippen molar-refractivity contribution in [2.45, 2.75) is 38.0 Å². The smallest absolute Gasteiger partial charge is 0.0822 e. The van der Waals surface area contributed by atoms with Gasteiger partial charge in [0.15, 0.2) is 0 Å². The first-order valence-corrected chi connectivity index (χ1v) is 3.93. The Morgan fingerprint density at radius 2 is 2.00 bits per heavy atom. The summed E-state index contributed by atoms with van der Waals surface area (Å²) >= 11 is 5.68. The van der Waals surface area contributed by atoms with Gasteiger partial charge in [-0.1, -0.05) is 12.8 Å². The van der Waals surface area contributed by atoms with Gasteiger partial charge in [-0.3, -0.25) is 0 Å². The summed E-state index contributed by atoms with van der Waals surface area (Å²) < 4.78 is 0. The van der Waals surface area contributed by atoms with Crippen LogP contribution in [-0.4, -0.2) is 12.0 Å². The molecular weight excluding hydrogens is 136 g/mol. The fourth-order valence-corrected chi connectivity index (χ4v) is 0.859. The van der Waals surface area contributed by atoms with Gasteiger partial charge in [0.05, 0.1) is 6.61 Å². The Morgan fingerprint density at radius 1 is 1.33 bits per heavy atom. The molecular formula is C7H14ClO. The molecule has 1 atom stereocenters. The Balaban J connectivity index is 2.75. The number of rotatable bonds is 5. The summed E-state index contributed by atoms with van der Waals surface area (Å²) in [6, 6.07) is 0. The molecule has 0 saturated heterocycles. The van der Waals surface area contributed by atoms with Crippen LogP contribution in [0.5, 0.6) is 0 Å². The van der Waals surface area contributed by atoms with E-state index in [4.69, 9.17) is 11.6 Å². The van der Waals surface area contributed by atoms with Crippen molar-refractivity contribution in [2.24, 2.45) is 0 Å². The van der Waals surface area contributed by atoms with Crippen LogP contribution in [0.15, 0.2) is 0 Å². The number of alkyl halides is 1. The second-order valence-corrected chi connectivity index (χ2v) is 3.08. The van der Waals surface area contributed by atoms with Crippen LogP contribution in [-0.2, 0) is 5.11 Å². The van der Waals surface area contributed by atoms with E-state index in [1.165, 1.54) is 0 Å². The van der Waals surface area contributed by atoms with E-state index >= 15 is 0 Å². The Kier molecular flexibility index (Phi) is 6.55. The Bertz CT molecular complexity index is 54.9. The molecule has 0 N–H and O–H groups in total. The minimum Gasteiger partial charge on any atom is -0.237 e. The molecule has 1 nitrogen and oxygen atoms in total. The van der Waals surface area contributed by atoms with Crippen molar-refractivity contribution < 1.29 is 5.11 Å². The standard InChI is InChI=1S/C7H14ClO/c1-7(8)5-3-2-4-6-9/h7H,2-6H2,1H3. The Hall–Kier alpha value is 0.250. The molecule has 9 heavy (non-hydrogen) atoms. The Morgan fingerprint density at radius 3 is 2.44 bits per heavy atom. The zero-order chi connectivity index (χ0) is 7.11. The number of hydrogen-bond acceptors (Lipinski definition) is 0. The lowest BCUT2D eigenvalue weighted by atomic mass is 10.2. The highest BCUT2D eigenvalue weighted by Gasteiger charge is 1.94. The highest BCUT2D eigenvalue weighted by molar-refractivity contribution is 6.20. The van der Waals surface area contributed by atoms with Gasteiger partial charge in [-0.2, -0.15) is 0 Å². The van der Waals surface area contributed by atoms with Crippen LogP contribution in [0.4, 0.5) is 0 Å². The van der Waals surface area contributed by atoms with Gasteiger partial charge < -0.3 is 0 Å². The predicted octanol–water partition coefficient (Wildman–Crippen LogP) is 2.60. The third kappa shape index (κ3) is 8.25. The molecule has 0 spiro atoms. The summed E-state index contributed by atoms with van der Waals surface area (Å²) in [5.41, 5.74) is 0. The van der Waals surface area contributed by atoms with Crippen molar-refractivity contribution in [3.8, 4) is 0 Å². The van der Waals surface area contributed by atoms with Crippen molar-refractivity contribution in [3.63, 3.8) is 0 Å². The maximum atomic E-state index is 9.94. The highest BCUT2D eigenvalue weighted by Crippen LogP contribution is 2.07. The quantitative estimate of drug-likeness (QED) is 0.423. The van der Waals surface area contributed by atoms with Gasteiger partial charge in [0.2, 0.25) is 0 Å². The van der Waals surface area contributed by atoms with E-state index in [9.17, 15) is 5.11 Å². The maximum Gasteiger partial charge on any atom is 0.0822 e. The first-order chi connectivity index (χ1) is 4.27. The second-order valence-electron chi connectivity index (χ2n) is 2.33. The summed E-state index contributed by atoms with van der Waals surface area (Å²) in [6.07, 6.45) is 4.00. The number of halogens is 1. The van der Waals surface area contributed by atoms with E-state index in [2.05, 4.69) is 0 Å². The zero-order valence-corrected chi connectivity index (χ0v) is 6.66. The van der Waals surface area contributed by atoms with Crippen molar-refractivity contribution >= 4 is 11.6 Å². The molecule has 0 aliphatic carbocycles. The molecule has 0 aliphatic heterocycles. The minimum atomic E-state index is 0.0661. The van der Waals surface area contributed by atoms with Gasteiger partial charge in [-0.05, 0) is 19.8 Å². The SMILES string of the molecule is CC(Cl)CCCCC[O]. The molecule has 0 saturated carbocycles.